The van der Waals surface area contributed by atoms with E-state index in [2.05, 4.69) is 11.4 Å². The van der Waals surface area contributed by atoms with Gasteiger partial charge in [0.25, 0.3) is 0 Å². The predicted molar refractivity (Wildman–Crippen MR) is 93.7 cm³/mol. The van der Waals surface area contributed by atoms with Crippen LogP contribution in [-0.2, 0) is 16.6 Å². The molecule has 0 aliphatic heterocycles. The number of hydrogen-bond acceptors (Lipinski definition) is 4. The molecule has 1 atom stereocenters. The van der Waals surface area contributed by atoms with Gasteiger partial charge in [0, 0.05) is 26.7 Å². The molecular formula is C18H21N3O2S. The van der Waals surface area contributed by atoms with Crippen molar-refractivity contribution in [2.45, 2.75) is 24.4 Å². The fourth-order valence-corrected chi connectivity index (χ4v) is 3.18. The minimum absolute atomic E-state index is 0.0619. The first-order valence-corrected chi connectivity index (χ1v) is 9.03. The third kappa shape index (κ3) is 4.20. The Balaban J connectivity index is 2.05. The molecule has 5 nitrogen and oxygen atoms in total. The summed E-state index contributed by atoms with van der Waals surface area (Å²) in [4.78, 5) is 0.283. The summed E-state index contributed by atoms with van der Waals surface area (Å²) in [7, 11) is -0.367. The van der Waals surface area contributed by atoms with Crippen LogP contribution in [0.2, 0.25) is 0 Å². The highest BCUT2D eigenvalue weighted by Crippen LogP contribution is 2.18. The van der Waals surface area contributed by atoms with E-state index < -0.39 is 10.0 Å². The number of nitriles is 1. The summed E-state index contributed by atoms with van der Waals surface area (Å²) in [5, 5.41) is 12.3. The van der Waals surface area contributed by atoms with Crippen molar-refractivity contribution in [3.8, 4) is 6.07 Å². The fourth-order valence-electron chi connectivity index (χ4n) is 2.28. The first-order chi connectivity index (χ1) is 11.3. The van der Waals surface area contributed by atoms with Gasteiger partial charge >= 0.3 is 0 Å². The molecule has 0 saturated carbocycles. The molecule has 2 rings (SSSR count). The highest BCUT2D eigenvalue weighted by atomic mass is 32.2. The van der Waals surface area contributed by atoms with Crippen molar-refractivity contribution in [1.29, 1.82) is 5.26 Å². The molecule has 0 aliphatic rings. The Morgan fingerprint density at radius 3 is 2.42 bits per heavy atom. The maximum absolute atomic E-state index is 12.1. The van der Waals surface area contributed by atoms with Crippen LogP contribution in [0.5, 0.6) is 0 Å². The Morgan fingerprint density at radius 1 is 1.17 bits per heavy atom. The van der Waals surface area contributed by atoms with Gasteiger partial charge in [0.15, 0.2) is 0 Å². The Kier molecular flexibility index (Phi) is 5.73. The molecule has 0 radical (unpaired) electrons. The molecule has 24 heavy (non-hydrogen) atoms. The number of nitrogens with one attached hydrogen (secondary N) is 1. The number of rotatable bonds is 6. The lowest BCUT2D eigenvalue weighted by atomic mass is 10.1. The molecule has 0 bridgehead atoms. The highest BCUT2D eigenvalue weighted by molar-refractivity contribution is 7.89. The summed E-state index contributed by atoms with van der Waals surface area (Å²) in [5.74, 6) is 0. The summed E-state index contributed by atoms with van der Waals surface area (Å²) < 4.78 is 25.3. The maximum atomic E-state index is 12.1. The smallest absolute Gasteiger partial charge is 0.242 e. The van der Waals surface area contributed by atoms with Gasteiger partial charge in [0.1, 0.15) is 0 Å². The average molecular weight is 343 g/mol. The van der Waals surface area contributed by atoms with E-state index in [0.29, 0.717) is 12.1 Å². The molecule has 1 unspecified atom stereocenters. The zero-order valence-corrected chi connectivity index (χ0v) is 14.8. The van der Waals surface area contributed by atoms with Crippen LogP contribution in [0.25, 0.3) is 0 Å². The van der Waals surface area contributed by atoms with E-state index in [0.717, 1.165) is 11.1 Å². The SMILES string of the molecule is CC(NCc1cccc(C#N)c1)c1ccc(S(=O)(=O)N(C)C)cc1. The highest BCUT2D eigenvalue weighted by Gasteiger charge is 2.17. The van der Waals surface area contributed by atoms with Gasteiger partial charge in [0.05, 0.1) is 16.5 Å². The summed E-state index contributed by atoms with van der Waals surface area (Å²) in [5.41, 5.74) is 2.68. The van der Waals surface area contributed by atoms with Gasteiger partial charge in [0.2, 0.25) is 10.0 Å². The van der Waals surface area contributed by atoms with Gasteiger partial charge in [-0.15, -0.1) is 0 Å². The van der Waals surface area contributed by atoms with Gasteiger partial charge in [-0.1, -0.05) is 24.3 Å². The van der Waals surface area contributed by atoms with Crippen LogP contribution in [0.1, 0.15) is 29.7 Å². The number of hydrogen-bond donors (Lipinski definition) is 1. The molecule has 6 heteroatoms. The van der Waals surface area contributed by atoms with Crippen LogP contribution in [-0.4, -0.2) is 26.8 Å². The largest absolute Gasteiger partial charge is 0.306 e. The standard InChI is InChI=1S/C18H21N3O2S/c1-14(20-13-16-6-4-5-15(11-16)12-19)17-7-9-18(10-8-17)24(22,23)21(2)3/h4-11,14,20H,13H2,1-3H3. The molecule has 2 aromatic rings. The summed E-state index contributed by atoms with van der Waals surface area (Å²) >= 11 is 0. The first kappa shape index (κ1) is 18.1. The molecule has 2 aromatic carbocycles. The monoisotopic (exact) mass is 343 g/mol. The van der Waals surface area contributed by atoms with Crippen molar-refractivity contribution in [2.24, 2.45) is 0 Å². The molecule has 1 N–H and O–H groups in total. The average Bonchev–Trinajstić information content (AvgIpc) is 2.59. The molecule has 0 heterocycles. The van der Waals surface area contributed by atoms with E-state index in [-0.39, 0.29) is 10.9 Å². The molecule has 0 amide bonds. The molecular weight excluding hydrogens is 322 g/mol. The summed E-state index contributed by atoms with van der Waals surface area (Å²) in [6.45, 7) is 2.65. The van der Waals surface area contributed by atoms with Crippen LogP contribution in [0, 0.1) is 11.3 Å². The topological polar surface area (TPSA) is 73.2 Å². The molecule has 0 aromatic heterocycles. The van der Waals surface area contributed by atoms with Crippen LogP contribution in [0.3, 0.4) is 0 Å². The van der Waals surface area contributed by atoms with Crippen molar-refractivity contribution in [1.82, 2.24) is 9.62 Å². The minimum atomic E-state index is -3.40. The van der Waals surface area contributed by atoms with E-state index in [1.807, 2.05) is 37.3 Å². The van der Waals surface area contributed by atoms with Gasteiger partial charge in [-0.25, -0.2) is 12.7 Å². The van der Waals surface area contributed by atoms with E-state index >= 15 is 0 Å². The minimum Gasteiger partial charge on any atom is -0.306 e. The Bertz CT molecular complexity index is 837. The zero-order chi connectivity index (χ0) is 17.7. The second-order valence-corrected chi connectivity index (χ2v) is 7.92. The van der Waals surface area contributed by atoms with Crippen molar-refractivity contribution in [3.05, 3.63) is 65.2 Å². The first-order valence-electron chi connectivity index (χ1n) is 7.59. The lowest BCUT2D eigenvalue weighted by Gasteiger charge is -2.16. The normalized spacial score (nSPS) is 12.8. The molecule has 0 saturated heterocycles. The third-order valence-corrected chi connectivity index (χ3v) is 5.66. The molecule has 0 fully saturated rings. The van der Waals surface area contributed by atoms with Crippen LogP contribution >= 0.6 is 0 Å². The van der Waals surface area contributed by atoms with Crippen molar-refractivity contribution in [3.63, 3.8) is 0 Å². The van der Waals surface area contributed by atoms with Crippen LogP contribution < -0.4 is 5.32 Å². The summed E-state index contributed by atoms with van der Waals surface area (Å²) in [6.07, 6.45) is 0. The van der Waals surface area contributed by atoms with Crippen molar-refractivity contribution >= 4 is 10.0 Å². The van der Waals surface area contributed by atoms with Crippen LogP contribution in [0.4, 0.5) is 0 Å². The number of nitrogens with zero attached hydrogens (tertiary/aromatic N) is 2. The van der Waals surface area contributed by atoms with Gasteiger partial charge < -0.3 is 5.32 Å². The van der Waals surface area contributed by atoms with E-state index in [4.69, 9.17) is 5.26 Å². The van der Waals surface area contributed by atoms with E-state index in [1.54, 1.807) is 18.2 Å². The molecule has 0 aliphatic carbocycles. The predicted octanol–water partition coefficient (Wildman–Crippen LogP) is 2.66. The van der Waals surface area contributed by atoms with Crippen LogP contribution in [0.15, 0.2) is 53.4 Å². The quantitative estimate of drug-likeness (QED) is 0.875. The lowest BCUT2D eigenvalue weighted by molar-refractivity contribution is 0.520. The van der Waals surface area contributed by atoms with Crippen molar-refractivity contribution in [2.75, 3.05) is 14.1 Å². The maximum Gasteiger partial charge on any atom is 0.242 e. The molecule has 0 spiro atoms. The number of benzene rings is 2. The summed E-state index contributed by atoms with van der Waals surface area (Å²) in [6, 6.07) is 16.5. The van der Waals surface area contributed by atoms with Crippen molar-refractivity contribution < 1.29 is 8.42 Å². The Hall–Kier alpha value is -2.20. The van der Waals surface area contributed by atoms with E-state index in [9.17, 15) is 8.42 Å². The number of sulfonamides is 1. The van der Waals surface area contributed by atoms with Gasteiger partial charge in [-0.05, 0) is 42.3 Å². The third-order valence-electron chi connectivity index (χ3n) is 3.83. The molecule has 126 valence electrons. The second kappa shape index (κ2) is 7.58. The fraction of sp³-hybridized carbons (Fsp3) is 0.278. The van der Waals surface area contributed by atoms with Gasteiger partial charge in [-0.3, -0.25) is 0 Å². The zero-order valence-electron chi connectivity index (χ0n) is 14.0. The second-order valence-electron chi connectivity index (χ2n) is 5.77. The lowest BCUT2D eigenvalue weighted by Crippen LogP contribution is -2.22. The Labute approximate surface area is 143 Å². The Morgan fingerprint density at radius 2 is 1.83 bits per heavy atom. The van der Waals surface area contributed by atoms with Gasteiger partial charge in [-0.2, -0.15) is 5.26 Å². The van der Waals surface area contributed by atoms with E-state index in [1.165, 1.54) is 18.4 Å².